The number of esters is 1. The number of amides is 2. The zero-order valence-corrected chi connectivity index (χ0v) is 21.1. The van der Waals surface area contributed by atoms with Crippen molar-refractivity contribution in [3.63, 3.8) is 0 Å². The molecule has 10 heteroatoms. The van der Waals surface area contributed by atoms with Crippen molar-refractivity contribution in [3.8, 4) is 5.75 Å². The highest BCUT2D eigenvalue weighted by molar-refractivity contribution is 7.19. The number of hydrogen-bond donors (Lipinski definition) is 3. The quantitative estimate of drug-likeness (QED) is 0.246. The lowest BCUT2D eigenvalue weighted by molar-refractivity contribution is 0.0527. The fraction of sp³-hybridized carbons (Fsp3) is 0.240. The molecule has 184 valence electrons. The van der Waals surface area contributed by atoms with Gasteiger partial charge in [0.1, 0.15) is 10.8 Å². The summed E-state index contributed by atoms with van der Waals surface area (Å²) in [6.07, 6.45) is 0.823. The number of ether oxygens (including phenoxy) is 2. The standard InChI is InChI=1S/C25H26ClN3O5S/c1-4-12-34-19-11-6-15(13-18(19)27)22(30)29-24-20(25(32)33-5-2)14(3)21(35-24)23(31)28-17-9-7-16(26)8-10-17/h6-11,13H,4-5,12,27H2,1-3H3,(H,28,31)(H,29,30). The number of hydrogen-bond acceptors (Lipinski definition) is 7. The first-order valence-electron chi connectivity index (χ1n) is 11.0. The zero-order chi connectivity index (χ0) is 25.5. The van der Waals surface area contributed by atoms with E-state index < -0.39 is 17.8 Å². The van der Waals surface area contributed by atoms with Crippen LogP contribution in [0.4, 0.5) is 16.4 Å². The Morgan fingerprint density at radius 3 is 2.37 bits per heavy atom. The summed E-state index contributed by atoms with van der Waals surface area (Å²) in [5.41, 5.74) is 7.69. The Bertz CT molecular complexity index is 1240. The minimum absolute atomic E-state index is 0.127. The summed E-state index contributed by atoms with van der Waals surface area (Å²) in [5.74, 6) is -1.06. The summed E-state index contributed by atoms with van der Waals surface area (Å²) >= 11 is 6.89. The lowest BCUT2D eigenvalue weighted by Crippen LogP contribution is -2.15. The molecule has 1 aromatic heterocycles. The number of benzene rings is 2. The number of thiophene rings is 1. The molecule has 0 radical (unpaired) electrons. The number of nitrogens with two attached hydrogens (primary N) is 1. The van der Waals surface area contributed by atoms with Gasteiger partial charge < -0.3 is 25.8 Å². The number of rotatable bonds is 9. The van der Waals surface area contributed by atoms with Crippen LogP contribution in [0.2, 0.25) is 5.02 Å². The van der Waals surface area contributed by atoms with Gasteiger partial charge in [0.15, 0.2) is 0 Å². The number of nitrogen functional groups attached to an aromatic ring is 1. The number of anilines is 3. The maximum Gasteiger partial charge on any atom is 0.341 e. The van der Waals surface area contributed by atoms with Gasteiger partial charge in [0.05, 0.1) is 29.3 Å². The second-order valence-electron chi connectivity index (χ2n) is 7.50. The van der Waals surface area contributed by atoms with Crippen LogP contribution in [0.25, 0.3) is 0 Å². The number of nitrogens with one attached hydrogen (secondary N) is 2. The first-order chi connectivity index (χ1) is 16.7. The first kappa shape index (κ1) is 26.1. The minimum atomic E-state index is -0.634. The number of halogens is 1. The third-order valence-corrected chi connectivity index (χ3v) is 6.35. The van der Waals surface area contributed by atoms with Crippen LogP contribution in [0.15, 0.2) is 42.5 Å². The molecule has 2 aromatic carbocycles. The van der Waals surface area contributed by atoms with Crippen molar-refractivity contribution in [1.82, 2.24) is 0 Å². The van der Waals surface area contributed by atoms with Gasteiger partial charge >= 0.3 is 5.97 Å². The predicted molar refractivity (Wildman–Crippen MR) is 139 cm³/mol. The van der Waals surface area contributed by atoms with E-state index in [1.165, 1.54) is 6.07 Å². The molecule has 8 nitrogen and oxygen atoms in total. The van der Waals surface area contributed by atoms with Crippen LogP contribution in [0.3, 0.4) is 0 Å². The molecule has 1 heterocycles. The van der Waals surface area contributed by atoms with E-state index in [-0.39, 0.29) is 27.6 Å². The molecule has 0 aliphatic rings. The van der Waals surface area contributed by atoms with Crippen LogP contribution >= 0.6 is 22.9 Å². The Morgan fingerprint density at radius 2 is 1.74 bits per heavy atom. The van der Waals surface area contributed by atoms with Crippen LogP contribution < -0.4 is 21.1 Å². The van der Waals surface area contributed by atoms with Gasteiger partial charge in [-0.1, -0.05) is 18.5 Å². The average Bonchev–Trinajstić information content (AvgIpc) is 3.15. The zero-order valence-electron chi connectivity index (χ0n) is 19.6. The van der Waals surface area contributed by atoms with Crippen molar-refractivity contribution >= 4 is 57.1 Å². The SMILES string of the molecule is CCCOc1ccc(C(=O)Nc2sc(C(=O)Nc3ccc(Cl)cc3)c(C)c2C(=O)OCC)cc1N. The molecule has 0 spiro atoms. The minimum Gasteiger partial charge on any atom is -0.491 e. The fourth-order valence-electron chi connectivity index (χ4n) is 3.20. The summed E-state index contributed by atoms with van der Waals surface area (Å²) in [4.78, 5) is 38.9. The van der Waals surface area contributed by atoms with Crippen LogP contribution in [0.5, 0.6) is 5.75 Å². The summed E-state index contributed by atoms with van der Waals surface area (Å²) in [6.45, 7) is 5.94. The van der Waals surface area contributed by atoms with Crippen molar-refractivity contribution in [2.75, 3.05) is 29.6 Å². The van der Waals surface area contributed by atoms with E-state index in [1.807, 2.05) is 6.92 Å². The fourth-order valence-corrected chi connectivity index (χ4v) is 4.41. The van der Waals surface area contributed by atoms with E-state index in [2.05, 4.69) is 10.6 Å². The van der Waals surface area contributed by atoms with Crippen LogP contribution in [-0.4, -0.2) is 31.0 Å². The van der Waals surface area contributed by atoms with Gasteiger partial charge in [0.25, 0.3) is 11.8 Å². The largest absolute Gasteiger partial charge is 0.491 e. The Labute approximate surface area is 212 Å². The van der Waals surface area contributed by atoms with Gasteiger partial charge in [-0.05, 0) is 68.3 Å². The van der Waals surface area contributed by atoms with Crippen LogP contribution in [0, 0.1) is 6.92 Å². The molecule has 35 heavy (non-hydrogen) atoms. The van der Waals surface area contributed by atoms with E-state index in [0.717, 1.165) is 17.8 Å². The topological polar surface area (TPSA) is 120 Å². The highest BCUT2D eigenvalue weighted by Gasteiger charge is 2.27. The molecular weight excluding hydrogens is 490 g/mol. The average molecular weight is 516 g/mol. The molecule has 0 bridgehead atoms. The smallest absolute Gasteiger partial charge is 0.341 e. The first-order valence-corrected chi connectivity index (χ1v) is 12.2. The Morgan fingerprint density at radius 1 is 1.03 bits per heavy atom. The van der Waals surface area contributed by atoms with Gasteiger partial charge in [0, 0.05) is 16.3 Å². The van der Waals surface area contributed by atoms with E-state index in [4.69, 9.17) is 26.8 Å². The molecule has 3 rings (SSSR count). The Kier molecular flexibility index (Phi) is 8.73. The van der Waals surface area contributed by atoms with Gasteiger partial charge in [0.2, 0.25) is 0 Å². The van der Waals surface area contributed by atoms with Gasteiger partial charge in [-0.2, -0.15) is 0 Å². The molecule has 0 saturated carbocycles. The summed E-state index contributed by atoms with van der Waals surface area (Å²) < 4.78 is 10.7. The molecule has 0 atom stereocenters. The molecule has 4 N–H and O–H groups in total. The monoisotopic (exact) mass is 515 g/mol. The summed E-state index contributed by atoms with van der Waals surface area (Å²) in [6, 6.07) is 11.3. The molecule has 0 fully saturated rings. The van der Waals surface area contributed by atoms with E-state index in [9.17, 15) is 14.4 Å². The highest BCUT2D eigenvalue weighted by Crippen LogP contribution is 2.35. The second kappa shape index (κ2) is 11.7. The van der Waals surface area contributed by atoms with Crippen molar-refractivity contribution in [1.29, 1.82) is 0 Å². The third kappa shape index (κ3) is 6.32. The Hall–Kier alpha value is -3.56. The van der Waals surface area contributed by atoms with E-state index in [0.29, 0.717) is 34.3 Å². The number of carbonyl (C=O) groups is 3. The molecule has 0 aliphatic carbocycles. The number of carbonyl (C=O) groups excluding carboxylic acids is 3. The molecule has 0 unspecified atom stereocenters. The van der Waals surface area contributed by atoms with Crippen molar-refractivity contribution in [3.05, 3.63) is 69.1 Å². The second-order valence-corrected chi connectivity index (χ2v) is 8.95. The maximum absolute atomic E-state index is 13.0. The molecule has 2 amide bonds. The van der Waals surface area contributed by atoms with Gasteiger partial charge in [-0.25, -0.2) is 4.79 Å². The molecular formula is C25H26ClN3O5S. The van der Waals surface area contributed by atoms with Crippen molar-refractivity contribution < 1.29 is 23.9 Å². The third-order valence-electron chi connectivity index (χ3n) is 4.90. The van der Waals surface area contributed by atoms with E-state index in [1.54, 1.807) is 50.2 Å². The predicted octanol–water partition coefficient (Wildman–Crippen LogP) is 5.76. The Balaban J connectivity index is 1.89. The van der Waals surface area contributed by atoms with Crippen LogP contribution in [-0.2, 0) is 4.74 Å². The summed E-state index contributed by atoms with van der Waals surface area (Å²) in [5, 5.41) is 6.24. The van der Waals surface area contributed by atoms with Gasteiger partial charge in [-0.15, -0.1) is 11.3 Å². The highest BCUT2D eigenvalue weighted by atomic mass is 35.5. The molecule has 0 saturated heterocycles. The molecule has 0 aliphatic heterocycles. The summed E-state index contributed by atoms with van der Waals surface area (Å²) in [7, 11) is 0. The lowest BCUT2D eigenvalue weighted by Gasteiger charge is -2.10. The molecule has 3 aromatic rings. The van der Waals surface area contributed by atoms with Crippen LogP contribution in [0.1, 0.15) is 56.2 Å². The normalized spacial score (nSPS) is 10.5. The van der Waals surface area contributed by atoms with Crippen molar-refractivity contribution in [2.45, 2.75) is 27.2 Å². The van der Waals surface area contributed by atoms with E-state index >= 15 is 0 Å². The van der Waals surface area contributed by atoms with Crippen molar-refractivity contribution in [2.24, 2.45) is 0 Å². The lowest BCUT2D eigenvalue weighted by atomic mass is 10.1. The maximum atomic E-state index is 13.0. The van der Waals surface area contributed by atoms with Gasteiger partial charge in [-0.3, -0.25) is 9.59 Å².